The second-order valence-corrected chi connectivity index (χ2v) is 7.87. The van der Waals surface area contributed by atoms with Crippen LogP contribution in [0.5, 0.6) is 0 Å². The van der Waals surface area contributed by atoms with E-state index in [1.54, 1.807) is 11.5 Å². The first-order chi connectivity index (χ1) is 16.6. The minimum absolute atomic E-state index is 0.0106. The fourth-order valence-corrected chi connectivity index (χ4v) is 3.52. The van der Waals surface area contributed by atoms with Gasteiger partial charge in [-0.1, -0.05) is 6.58 Å². The molecular formula is C21H21F3N8O3. The number of H-pyrrole nitrogens is 1. The van der Waals surface area contributed by atoms with Crippen molar-refractivity contribution >= 4 is 28.7 Å². The molecular weight excluding hydrogens is 469 g/mol. The van der Waals surface area contributed by atoms with Gasteiger partial charge in [0.15, 0.2) is 5.82 Å². The van der Waals surface area contributed by atoms with Crippen LogP contribution in [0.2, 0.25) is 0 Å². The first-order valence-electron chi connectivity index (χ1n) is 10.6. The van der Waals surface area contributed by atoms with Crippen molar-refractivity contribution in [3.63, 3.8) is 0 Å². The van der Waals surface area contributed by atoms with Crippen molar-refractivity contribution in [3.05, 3.63) is 42.8 Å². The summed E-state index contributed by atoms with van der Waals surface area (Å²) in [5.41, 5.74) is 0.564. The Hall–Kier alpha value is -4.07. The number of hydrogen-bond donors (Lipinski definition) is 4. The van der Waals surface area contributed by atoms with Gasteiger partial charge in [0.2, 0.25) is 0 Å². The highest BCUT2D eigenvalue weighted by molar-refractivity contribution is 5.97. The summed E-state index contributed by atoms with van der Waals surface area (Å²) in [7, 11) is 0. The summed E-state index contributed by atoms with van der Waals surface area (Å²) in [6, 6.07) is 1.28. The number of carbonyl (C=O) groups is 2. The molecule has 4 heterocycles. The molecule has 0 spiro atoms. The average Bonchev–Trinajstić information content (AvgIpc) is 3.26. The van der Waals surface area contributed by atoms with Crippen molar-refractivity contribution in [3.8, 4) is 11.4 Å². The molecule has 4 rings (SSSR count). The Balaban J connectivity index is 1.66. The van der Waals surface area contributed by atoms with Crippen LogP contribution in [0.1, 0.15) is 23.3 Å². The lowest BCUT2D eigenvalue weighted by atomic mass is 10.1. The van der Waals surface area contributed by atoms with Crippen molar-refractivity contribution in [1.29, 1.82) is 0 Å². The second kappa shape index (κ2) is 9.66. The van der Waals surface area contributed by atoms with E-state index in [1.807, 2.05) is 0 Å². The Labute approximate surface area is 196 Å². The molecule has 0 aliphatic carbocycles. The Morgan fingerprint density at radius 2 is 2.00 bits per heavy atom. The maximum atomic E-state index is 13.1. The number of aliphatic hydroxyl groups excluding tert-OH is 1. The maximum Gasteiger partial charge on any atom is 0.405 e. The van der Waals surface area contributed by atoms with Gasteiger partial charge in [-0.2, -0.15) is 13.2 Å². The Morgan fingerprint density at radius 3 is 2.71 bits per heavy atom. The zero-order chi connectivity index (χ0) is 25.2. The molecule has 0 bridgehead atoms. The number of piperidine rings is 1. The maximum absolute atomic E-state index is 13.1. The Morgan fingerprint density at radius 1 is 1.26 bits per heavy atom. The van der Waals surface area contributed by atoms with Gasteiger partial charge in [0.05, 0.1) is 11.8 Å². The molecule has 4 N–H and O–H groups in total. The standard InChI is InChI=1S/C21H21F3N8O3/c1-11(19(34)27-9-21(22,23)24)29-16-6-15(20(35)32-4-2-12(33)3-5-32)30-18(31-16)14-8-26-17-13(14)7-25-10-28-17/h6-8,10,12,33H,1-5,9H2,(H,27,34)(H,25,26,28)(H,29,30,31). The van der Waals surface area contributed by atoms with Crippen molar-refractivity contribution in [2.45, 2.75) is 25.1 Å². The zero-order valence-corrected chi connectivity index (χ0v) is 18.3. The molecule has 0 radical (unpaired) electrons. The van der Waals surface area contributed by atoms with Gasteiger partial charge in [0.25, 0.3) is 11.8 Å². The summed E-state index contributed by atoms with van der Waals surface area (Å²) >= 11 is 0. The smallest absolute Gasteiger partial charge is 0.393 e. The number of aliphatic hydroxyl groups is 1. The number of aromatic amines is 1. The molecule has 0 unspecified atom stereocenters. The molecule has 14 heteroatoms. The van der Waals surface area contributed by atoms with Crippen molar-refractivity contribution in [1.82, 2.24) is 35.1 Å². The van der Waals surface area contributed by atoms with E-state index in [1.165, 1.54) is 23.5 Å². The molecule has 0 saturated carbocycles. The molecule has 1 fully saturated rings. The summed E-state index contributed by atoms with van der Waals surface area (Å²) in [6.45, 7) is 2.60. The third-order valence-corrected chi connectivity index (χ3v) is 5.30. The van der Waals surface area contributed by atoms with Crippen LogP contribution in [0, 0.1) is 0 Å². The number of anilines is 1. The summed E-state index contributed by atoms with van der Waals surface area (Å²) in [5.74, 6) is -1.43. The minimum atomic E-state index is -4.59. The number of fused-ring (bicyclic) bond motifs is 1. The molecule has 3 aromatic heterocycles. The molecule has 0 aromatic carbocycles. The van der Waals surface area contributed by atoms with Crippen LogP contribution in [0.15, 0.2) is 37.1 Å². The highest BCUT2D eigenvalue weighted by atomic mass is 19.4. The summed E-state index contributed by atoms with van der Waals surface area (Å²) in [5, 5.41) is 14.6. The fourth-order valence-electron chi connectivity index (χ4n) is 3.52. The Kier molecular flexibility index (Phi) is 6.64. The average molecular weight is 490 g/mol. The predicted molar refractivity (Wildman–Crippen MR) is 118 cm³/mol. The van der Waals surface area contributed by atoms with Crippen molar-refractivity contribution in [2.24, 2.45) is 0 Å². The second-order valence-electron chi connectivity index (χ2n) is 7.87. The molecule has 1 aliphatic rings. The van der Waals surface area contributed by atoms with Gasteiger partial charge >= 0.3 is 6.18 Å². The van der Waals surface area contributed by atoms with Gasteiger partial charge in [-0.05, 0) is 12.8 Å². The van der Waals surface area contributed by atoms with Gasteiger partial charge in [-0.3, -0.25) is 9.59 Å². The van der Waals surface area contributed by atoms with E-state index >= 15 is 0 Å². The van der Waals surface area contributed by atoms with Crippen LogP contribution >= 0.6 is 0 Å². The summed E-state index contributed by atoms with van der Waals surface area (Å²) in [6.07, 6.45) is 0.239. The largest absolute Gasteiger partial charge is 0.405 e. The van der Waals surface area contributed by atoms with E-state index in [0.29, 0.717) is 42.5 Å². The van der Waals surface area contributed by atoms with Gasteiger partial charge in [0, 0.05) is 42.5 Å². The highest BCUT2D eigenvalue weighted by Gasteiger charge is 2.29. The normalized spacial score (nSPS) is 14.7. The summed E-state index contributed by atoms with van der Waals surface area (Å²) < 4.78 is 37.3. The van der Waals surface area contributed by atoms with Crippen LogP contribution in [-0.2, 0) is 4.79 Å². The number of nitrogens with zero attached hydrogens (tertiary/aromatic N) is 5. The number of likely N-dealkylation sites (tertiary alicyclic amines) is 1. The molecule has 0 atom stereocenters. The lowest BCUT2D eigenvalue weighted by Gasteiger charge is -2.29. The van der Waals surface area contributed by atoms with E-state index in [2.05, 4.69) is 36.8 Å². The lowest BCUT2D eigenvalue weighted by Crippen LogP contribution is -2.40. The number of aromatic nitrogens is 5. The van der Waals surface area contributed by atoms with Gasteiger partial charge in [-0.25, -0.2) is 19.9 Å². The van der Waals surface area contributed by atoms with Crippen molar-refractivity contribution in [2.75, 3.05) is 25.0 Å². The van der Waals surface area contributed by atoms with Crippen LogP contribution in [-0.4, -0.2) is 78.7 Å². The third-order valence-electron chi connectivity index (χ3n) is 5.30. The lowest BCUT2D eigenvalue weighted by molar-refractivity contribution is -0.136. The van der Waals surface area contributed by atoms with Gasteiger partial charge < -0.3 is 25.6 Å². The number of alkyl halides is 3. The molecule has 11 nitrogen and oxygen atoms in total. The highest BCUT2D eigenvalue weighted by Crippen LogP contribution is 2.26. The fraction of sp³-hybridized carbons (Fsp3) is 0.333. The SMILES string of the molecule is C=C(Nc1cc(C(=O)N2CCC(O)CC2)nc(-c2c[nH]c3ncncc23)n1)C(=O)NCC(F)(F)F. The van der Waals surface area contributed by atoms with E-state index in [4.69, 9.17) is 0 Å². The van der Waals surface area contributed by atoms with E-state index in [0.717, 1.165) is 0 Å². The van der Waals surface area contributed by atoms with E-state index in [-0.39, 0.29) is 17.3 Å². The van der Waals surface area contributed by atoms with Gasteiger partial charge in [0.1, 0.15) is 30.0 Å². The number of carbonyl (C=O) groups excluding carboxylic acids is 2. The molecule has 3 aromatic rings. The molecule has 1 saturated heterocycles. The number of amides is 2. The Bertz CT molecular complexity index is 1270. The van der Waals surface area contributed by atoms with Crippen LogP contribution in [0.4, 0.5) is 19.0 Å². The van der Waals surface area contributed by atoms with E-state index < -0.39 is 36.3 Å². The van der Waals surface area contributed by atoms with E-state index in [9.17, 15) is 27.9 Å². The number of rotatable bonds is 6. The first-order valence-corrected chi connectivity index (χ1v) is 10.6. The summed E-state index contributed by atoms with van der Waals surface area (Å²) in [4.78, 5) is 46.5. The number of nitrogens with one attached hydrogen (secondary N) is 3. The molecule has 2 amide bonds. The quantitative estimate of drug-likeness (QED) is 0.381. The van der Waals surface area contributed by atoms with Crippen molar-refractivity contribution < 1.29 is 27.9 Å². The third kappa shape index (κ3) is 5.71. The minimum Gasteiger partial charge on any atom is -0.393 e. The first kappa shape index (κ1) is 24.1. The molecule has 184 valence electrons. The zero-order valence-electron chi connectivity index (χ0n) is 18.3. The van der Waals surface area contributed by atoms with Crippen LogP contribution in [0.3, 0.4) is 0 Å². The van der Waals surface area contributed by atoms with Gasteiger partial charge in [-0.15, -0.1) is 0 Å². The topological polar surface area (TPSA) is 149 Å². The van der Waals surface area contributed by atoms with Crippen LogP contribution < -0.4 is 10.6 Å². The van der Waals surface area contributed by atoms with Crippen LogP contribution in [0.25, 0.3) is 22.4 Å². The molecule has 35 heavy (non-hydrogen) atoms. The monoisotopic (exact) mass is 490 g/mol. The number of halogens is 3. The predicted octanol–water partition coefficient (Wildman–Crippen LogP) is 1.62. The number of hydrogen-bond acceptors (Lipinski definition) is 8. The molecule has 1 aliphatic heterocycles.